The van der Waals surface area contributed by atoms with E-state index in [0.717, 1.165) is 31.7 Å². The molecule has 1 aromatic rings. The summed E-state index contributed by atoms with van der Waals surface area (Å²) in [5.41, 5.74) is 3.54. The highest BCUT2D eigenvalue weighted by molar-refractivity contribution is 5.77. The lowest BCUT2D eigenvalue weighted by Gasteiger charge is -2.22. The highest BCUT2D eigenvalue weighted by Crippen LogP contribution is 2.22. The third kappa shape index (κ3) is 4.18. The van der Waals surface area contributed by atoms with Gasteiger partial charge in [-0.05, 0) is 51.8 Å². The number of carbonyl (C=O) groups is 1. The highest BCUT2D eigenvalue weighted by atomic mass is 16.2. The van der Waals surface area contributed by atoms with E-state index in [1.54, 1.807) is 0 Å². The van der Waals surface area contributed by atoms with Gasteiger partial charge in [0.25, 0.3) is 0 Å². The van der Waals surface area contributed by atoms with Gasteiger partial charge in [0.15, 0.2) is 0 Å². The van der Waals surface area contributed by atoms with Crippen molar-refractivity contribution >= 4 is 5.91 Å². The maximum absolute atomic E-state index is 12.6. The zero-order valence-corrected chi connectivity index (χ0v) is 16.5. The molecule has 0 spiro atoms. The van der Waals surface area contributed by atoms with Gasteiger partial charge in [0.1, 0.15) is 0 Å². The summed E-state index contributed by atoms with van der Waals surface area (Å²) in [6.45, 7) is 13.5. The minimum atomic E-state index is 0.279. The topological polar surface area (TPSA) is 41.4 Å². The standard InChI is InChI=1S/C19H34N4O/c1-13(2)10-23-16(5)17(15(4)20-23)8-9-19(24)22-11-14(3)18(12-22)21(6)7/h13-14,18H,8-12H2,1-7H3/t14-,18-/m1/s1. The van der Waals surface area contributed by atoms with E-state index in [2.05, 4.69) is 63.4 Å². The smallest absolute Gasteiger partial charge is 0.222 e. The van der Waals surface area contributed by atoms with Crippen LogP contribution >= 0.6 is 0 Å². The number of likely N-dealkylation sites (tertiary alicyclic amines) is 1. The summed E-state index contributed by atoms with van der Waals surface area (Å²) in [5, 5.41) is 4.66. The molecule has 2 atom stereocenters. The fraction of sp³-hybridized carbons (Fsp3) is 0.789. The molecule has 5 heteroatoms. The van der Waals surface area contributed by atoms with Gasteiger partial charge in [0.05, 0.1) is 5.69 Å². The van der Waals surface area contributed by atoms with E-state index in [-0.39, 0.29) is 5.91 Å². The molecule has 1 aliphatic heterocycles. The van der Waals surface area contributed by atoms with Crippen molar-refractivity contribution in [2.75, 3.05) is 27.2 Å². The van der Waals surface area contributed by atoms with Crippen molar-refractivity contribution in [3.05, 3.63) is 17.0 Å². The van der Waals surface area contributed by atoms with Crippen LogP contribution in [0.3, 0.4) is 0 Å². The molecule has 0 unspecified atom stereocenters. The molecule has 0 saturated carbocycles. The van der Waals surface area contributed by atoms with Crippen LogP contribution in [0.4, 0.5) is 0 Å². The van der Waals surface area contributed by atoms with Crippen LogP contribution in [0.2, 0.25) is 0 Å². The summed E-state index contributed by atoms with van der Waals surface area (Å²) < 4.78 is 2.10. The number of amides is 1. The van der Waals surface area contributed by atoms with E-state index >= 15 is 0 Å². The molecule has 1 aromatic heterocycles. The number of aryl methyl sites for hydroxylation is 1. The van der Waals surface area contributed by atoms with Crippen molar-refractivity contribution < 1.29 is 4.79 Å². The Bertz CT molecular complexity index is 576. The summed E-state index contributed by atoms with van der Waals surface area (Å²) in [4.78, 5) is 16.9. The zero-order valence-electron chi connectivity index (χ0n) is 16.5. The Morgan fingerprint density at radius 1 is 1.29 bits per heavy atom. The number of hydrogen-bond acceptors (Lipinski definition) is 3. The number of aromatic nitrogens is 2. The normalized spacial score (nSPS) is 21.3. The molecule has 24 heavy (non-hydrogen) atoms. The maximum Gasteiger partial charge on any atom is 0.222 e. The second-order valence-electron chi connectivity index (χ2n) is 8.03. The molecule has 2 heterocycles. The molecule has 0 N–H and O–H groups in total. The summed E-state index contributed by atoms with van der Waals surface area (Å²) in [5.74, 6) is 1.40. The van der Waals surface area contributed by atoms with Gasteiger partial charge in [-0.1, -0.05) is 20.8 Å². The van der Waals surface area contributed by atoms with Gasteiger partial charge >= 0.3 is 0 Å². The molecule has 136 valence electrons. The van der Waals surface area contributed by atoms with E-state index in [0.29, 0.717) is 24.3 Å². The first kappa shape index (κ1) is 19.0. The Kier molecular flexibility index (Phi) is 6.07. The summed E-state index contributed by atoms with van der Waals surface area (Å²) in [6.07, 6.45) is 1.38. The number of nitrogens with zero attached hydrogens (tertiary/aromatic N) is 4. The molecule has 5 nitrogen and oxygen atoms in total. The van der Waals surface area contributed by atoms with Gasteiger partial charge in [-0.3, -0.25) is 9.48 Å². The molecule has 0 radical (unpaired) electrons. The van der Waals surface area contributed by atoms with Crippen LogP contribution < -0.4 is 0 Å². The minimum absolute atomic E-state index is 0.279. The van der Waals surface area contributed by atoms with Crippen LogP contribution in [0.15, 0.2) is 0 Å². The fourth-order valence-electron chi connectivity index (χ4n) is 3.83. The molecule has 2 rings (SSSR count). The van der Waals surface area contributed by atoms with Crippen molar-refractivity contribution in [1.29, 1.82) is 0 Å². The van der Waals surface area contributed by atoms with Crippen LogP contribution in [0.5, 0.6) is 0 Å². The van der Waals surface area contributed by atoms with Crippen LogP contribution in [0.1, 0.15) is 44.1 Å². The zero-order chi connectivity index (χ0) is 18.0. The monoisotopic (exact) mass is 334 g/mol. The van der Waals surface area contributed by atoms with Crippen molar-refractivity contribution in [1.82, 2.24) is 19.6 Å². The van der Waals surface area contributed by atoms with E-state index in [1.165, 1.54) is 11.3 Å². The maximum atomic E-state index is 12.6. The molecular formula is C19H34N4O. The van der Waals surface area contributed by atoms with Crippen LogP contribution in [-0.2, 0) is 17.8 Å². The second-order valence-corrected chi connectivity index (χ2v) is 8.03. The minimum Gasteiger partial charge on any atom is -0.341 e. The lowest BCUT2D eigenvalue weighted by Crippen LogP contribution is -2.35. The molecule has 1 amide bonds. The Hall–Kier alpha value is -1.36. The van der Waals surface area contributed by atoms with Gasteiger partial charge < -0.3 is 9.80 Å². The first-order valence-electron chi connectivity index (χ1n) is 9.17. The lowest BCUT2D eigenvalue weighted by molar-refractivity contribution is -0.130. The highest BCUT2D eigenvalue weighted by Gasteiger charge is 2.33. The number of likely N-dealkylation sites (N-methyl/N-ethyl adjacent to an activating group) is 1. The fourth-order valence-corrected chi connectivity index (χ4v) is 3.83. The number of carbonyl (C=O) groups excluding carboxylic acids is 1. The van der Waals surface area contributed by atoms with Gasteiger partial charge in [0.2, 0.25) is 5.91 Å². The Morgan fingerprint density at radius 3 is 2.50 bits per heavy atom. The van der Waals surface area contributed by atoms with E-state index in [1.807, 2.05) is 4.90 Å². The van der Waals surface area contributed by atoms with Crippen molar-refractivity contribution in [3.63, 3.8) is 0 Å². The quantitative estimate of drug-likeness (QED) is 0.803. The lowest BCUT2D eigenvalue weighted by atomic mass is 10.1. The summed E-state index contributed by atoms with van der Waals surface area (Å²) in [6, 6.07) is 0.478. The predicted octanol–water partition coefficient (Wildman–Crippen LogP) is 2.50. The van der Waals surface area contributed by atoms with Crippen LogP contribution in [0, 0.1) is 25.7 Å². The van der Waals surface area contributed by atoms with Gasteiger partial charge in [-0.25, -0.2) is 0 Å². The molecular weight excluding hydrogens is 300 g/mol. The Labute approximate surface area is 147 Å². The molecule has 1 aliphatic rings. The molecule has 1 fully saturated rings. The Balaban J connectivity index is 1.96. The van der Waals surface area contributed by atoms with Crippen LogP contribution in [-0.4, -0.2) is 58.7 Å². The van der Waals surface area contributed by atoms with Crippen molar-refractivity contribution in [3.8, 4) is 0 Å². The molecule has 1 saturated heterocycles. The first-order chi connectivity index (χ1) is 11.2. The van der Waals surface area contributed by atoms with E-state index < -0.39 is 0 Å². The molecule has 0 aliphatic carbocycles. The summed E-state index contributed by atoms with van der Waals surface area (Å²) in [7, 11) is 4.20. The summed E-state index contributed by atoms with van der Waals surface area (Å²) >= 11 is 0. The third-order valence-corrected chi connectivity index (χ3v) is 5.25. The van der Waals surface area contributed by atoms with E-state index in [9.17, 15) is 4.79 Å². The third-order valence-electron chi connectivity index (χ3n) is 5.25. The average molecular weight is 335 g/mol. The molecule has 0 bridgehead atoms. The van der Waals surface area contributed by atoms with Gasteiger partial charge in [0, 0.05) is 37.8 Å². The largest absolute Gasteiger partial charge is 0.341 e. The average Bonchev–Trinajstić information content (AvgIpc) is 2.98. The number of hydrogen-bond donors (Lipinski definition) is 0. The second kappa shape index (κ2) is 7.68. The SMILES string of the molecule is Cc1nn(CC(C)C)c(C)c1CCC(=O)N1C[C@@H](C)[C@H](N(C)C)C1. The molecule has 0 aromatic carbocycles. The van der Waals surface area contributed by atoms with Crippen LogP contribution in [0.25, 0.3) is 0 Å². The van der Waals surface area contributed by atoms with Crippen molar-refractivity contribution in [2.24, 2.45) is 11.8 Å². The predicted molar refractivity (Wildman–Crippen MR) is 98.1 cm³/mol. The Morgan fingerprint density at radius 2 is 1.96 bits per heavy atom. The number of rotatable bonds is 6. The van der Waals surface area contributed by atoms with Crippen molar-refractivity contribution in [2.45, 2.75) is 60.0 Å². The van der Waals surface area contributed by atoms with Gasteiger partial charge in [-0.15, -0.1) is 0 Å². The van der Waals surface area contributed by atoms with E-state index in [4.69, 9.17) is 0 Å². The first-order valence-corrected chi connectivity index (χ1v) is 9.17. The van der Waals surface area contributed by atoms with Gasteiger partial charge in [-0.2, -0.15) is 5.10 Å².